The maximum atomic E-state index is 9.35. The molecule has 1 heterocycles. The van der Waals surface area contributed by atoms with E-state index in [0.717, 1.165) is 18.0 Å². The number of nitrogens with zero attached hydrogens (tertiary/aromatic N) is 1. The number of benzene rings is 2. The largest absolute Gasteiger partial charge is 0.484 e. The lowest BCUT2D eigenvalue weighted by Crippen LogP contribution is -2.41. The molecule has 1 aliphatic heterocycles. The van der Waals surface area contributed by atoms with Crippen LogP contribution < -0.4 is 9.64 Å². The smallest absolute Gasteiger partial charge is 0.143 e. The van der Waals surface area contributed by atoms with Gasteiger partial charge in [-0.1, -0.05) is 42.5 Å². The molecule has 19 heavy (non-hydrogen) atoms. The monoisotopic (exact) mass is 255 g/mol. The van der Waals surface area contributed by atoms with Crippen molar-refractivity contribution in [1.29, 1.82) is 0 Å². The van der Waals surface area contributed by atoms with Crippen LogP contribution in [0.2, 0.25) is 0 Å². The van der Waals surface area contributed by atoms with Gasteiger partial charge in [0.05, 0.1) is 18.8 Å². The highest BCUT2D eigenvalue weighted by molar-refractivity contribution is 5.60. The predicted molar refractivity (Wildman–Crippen MR) is 75.4 cm³/mol. The van der Waals surface area contributed by atoms with Crippen LogP contribution in [0, 0.1) is 0 Å². The maximum absolute atomic E-state index is 9.35. The van der Waals surface area contributed by atoms with E-state index in [0.29, 0.717) is 6.54 Å². The van der Waals surface area contributed by atoms with Gasteiger partial charge in [0.25, 0.3) is 0 Å². The van der Waals surface area contributed by atoms with Gasteiger partial charge in [0.2, 0.25) is 0 Å². The lowest BCUT2D eigenvalue weighted by Gasteiger charge is -2.35. The van der Waals surface area contributed by atoms with E-state index in [9.17, 15) is 5.11 Å². The van der Waals surface area contributed by atoms with Gasteiger partial charge in [0, 0.05) is 6.54 Å². The molecule has 3 rings (SSSR count). The van der Waals surface area contributed by atoms with Crippen LogP contribution in [0.25, 0.3) is 0 Å². The lowest BCUT2D eigenvalue weighted by atomic mass is 10.1. The van der Waals surface area contributed by atoms with Gasteiger partial charge in [-0.15, -0.1) is 0 Å². The third kappa shape index (κ3) is 2.56. The normalized spacial score (nSPS) is 17.7. The first kappa shape index (κ1) is 12.1. The summed E-state index contributed by atoms with van der Waals surface area (Å²) in [4.78, 5) is 2.26. The van der Waals surface area contributed by atoms with Gasteiger partial charge in [-0.3, -0.25) is 0 Å². The molecule has 0 radical (unpaired) electrons. The topological polar surface area (TPSA) is 32.7 Å². The highest BCUT2D eigenvalue weighted by atomic mass is 16.5. The zero-order valence-electron chi connectivity index (χ0n) is 10.7. The van der Waals surface area contributed by atoms with E-state index in [-0.39, 0.29) is 12.7 Å². The van der Waals surface area contributed by atoms with Crippen molar-refractivity contribution in [3.63, 3.8) is 0 Å². The van der Waals surface area contributed by atoms with E-state index in [4.69, 9.17) is 4.74 Å². The number of aliphatic hydroxyl groups is 1. The molecule has 1 atom stereocenters. The van der Waals surface area contributed by atoms with E-state index in [2.05, 4.69) is 23.1 Å². The Balaban J connectivity index is 1.88. The number of para-hydroxylation sites is 2. The fourth-order valence-corrected chi connectivity index (χ4v) is 2.43. The Bertz CT molecular complexity index is 541. The number of ether oxygens (including phenoxy) is 1. The molecule has 1 aliphatic rings. The first-order chi connectivity index (χ1) is 9.36. The number of anilines is 1. The summed E-state index contributed by atoms with van der Waals surface area (Å²) in [7, 11) is 0. The molecule has 2 aromatic carbocycles. The summed E-state index contributed by atoms with van der Waals surface area (Å²) in [6.07, 6.45) is -0.154. The van der Waals surface area contributed by atoms with Crippen LogP contribution in [0.15, 0.2) is 54.6 Å². The molecule has 2 aromatic rings. The molecule has 0 saturated heterocycles. The van der Waals surface area contributed by atoms with E-state index >= 15 is 0 Å². The minimum Gasteiger partial charge on any atom is -0.484 e. The molecule has 0 aromatic heterocycles. The summed E-state index contributed by atoms with van der Waals surface area (Å²) in [6.45, 7) is 1.58. The number of hydrogen-bond acceptors (Lipinski definition) is 3. The molecule has 0 amide bonds. The molecule has 0 bridgehead atoms. The van der Waals surface area contributed by atoms with Crippen LogP contribution in [0.5, 0.6) is 5.75 Å². The molecular weight excluding hydrogens is 238 g/mol. The van der Waals surface area contributed by atoms with Crippen LogP contribution in [0.3, 0.4) is 0 Å². The van der Waals surface area contributed by atoms with Crippen molar-refractivity contribution >= 4 is 5.69 Å². The molecule has 0 saturated carbocycles. The summed E-state index contributed by atoms with van der Waals surface area (Å²) in [5.41, 5.74) is 2.35. The Hall–Kier alpha value is -2.00. The van der Waals surface area contributed by atoms with E-state index in [1.165, 1.54) is 5.56 Å². The quantitative estimate of drug-likeness (QED) is 0.914. The zero-order chi connectivity index (χ0) is 13.1. The van der Waals surface area contributed by atoms with Crippen molar-refractivity contribution in [2.45, 2.75) is 12.6 Å². The van der Waals surface area contributed by atoms with Gasteiger partial charge in [-0.2, -0.15) is 0 Å². The third-order valence-electron chi connectivity index (χ3n) is 3.34. The van der Waals surface area contributed by atoms with Gasteiger partial charge in [0.1, 0.15) is 11.9 Å². The fraction of sp³-hybridized carbons (Fsp3) is 0.250. The summed E-state index contributed by atoms with van der Waals surface area (Å²) in [6, 6.07) is 18.3. The number of hydrogen-bond donors (Lipinski definition) is 1. The van der Waals surface area contributed by atoms with E-state index < -0.39 is 0 Å². The number of rotatable bonds is 3. The van der Waals surface area contributed by atoms with Crippen molar-refractivity contribution < 1.29 is 9.84 Å². The van der Waals surface area contributed by atoms with Gasteiger partial charge < -0.3 is 14.7 Å². The van der Waals surface area contributed by atoms with Crippen LogP contribution in [-0.4, -0.2) is 24.4 Å². The van der Waals surface area contributed by atoms with Gasteiger partial charge in [-0.25, -0.2) is 0 Å². The highest BCUT2D eigenvalue weighted by Gasteiger charge is 2.24. The average Bonchev–Trinajstić information content (AvgIpc) is 2.48. The van der Waals surface area contributed by atoms with Gasteiger partial charge >= 0.3 is 0 Å². The molecule has 0 aliphatic carbocycles. The molecule has 3 heteroatoms. The Labute approximate surface area is 113 Å². The summed E-state index contributed by atoms with van der Waals surface area (Å²) in [5.74, 6) is 0.851. The van der Waals surface area contributed by atoms with Crippen molar-refractivity contribution in [2.24, 2.45) is 0 Å². The zero-order valence-corrected chi connectivity index (χ0v) is 10.7. The fourth-order valence-electron chi connectivity index (χ4n) is 2.43. The van der Waals surface area contributed by atoms with E-state index in [1.807, 2.05) is 36.4 Å². The molecule has 0 fully saturated rings. The molecule has 0 spiro atoms. The summed E-state index contributed by atoms with van der Waals surface area (Å²) >= 11 is 0. The van der Waals surface area contributed by atoms with Crippen molar-refractivity contribution in [3.8, 4) is 5.75 Å². The second-order valence-corrected chi connectivity index (χ2v) is 4.76. The summed E-state index contributed by atoms with van der Waals surface area (Å²) in [5, 5.41) is 9.35. The van der Waals surface area contributed by atoms with Gasteiger partial charge in [-0.05, 0) is 17.7 Å². The lowest BCUT2D eigenvalue weighted by molar-refractivity contribution is 0.112. The summed E-state index contributed by atoms with van der Waals surface area (Å²) < 4.78 is 5.76. The second kappa shape index (κ2) is 5.33. The Morgan fingerprint density at radius 3 is 2.58 bits per heavy atom. The van der Waals surface area contributed by atoms with Crippen LogP contribution in [0.4, 0.5) is 5.69 Å². The second-order valence-electron chi connectivity index (χ2n) is 4.76. The minimum absolute atomic E-state index is 0.0413. The maximum Gasteiger partial charge on any atom is 0.143 e. The van der Waals surface area contributed by atoms with E-state index in [1.54, 1.807) is 0 Å². The third-order valence-corrected chi connectivity index (χ3v) is 3.34. The van der Waals surface area contributed by atoms with Gasteiger partial charge in [0.15, 0.2) is 0 Å². The Morgan fingerprint density at radius 1 is 1.05 bits per heavy atom. The first-order valence-electron chi connectivity index (χ1n) is 6.52. The highest BCUT2D eigenvalue weighted by Crippen LogP contribution is 2.33. The first-order valence-corrected chi connectivity index (χ1v) is 6.52. The molecule has 1 N–H and O–H groups in total. The number of aliphatic hydroxyl groups excluding tert-OH is 1. The minimum atomic E-state index is -0.154. The molecular formula is C16H17NO2. The number of fused-ring (bicyclic) bond motifs is 1. The molecule has 0 unspecified atom stereocenters. The standard InChI is InChI=1S/C16H17NO2/c18-12-14-11-17(10-13-6-2-1-3-7-13)15-8-4-5-9-16(15)19-14/h1-9,14,18H,10-12H2/t14-/m1/s1. The van der Waals surface area contributed by atoms with Crippen molar-refractivity contribution in [2.75, 3.05) is 18.1 Å². The molecule has 98 valence electrons. The van der Waals surface area contributed by atoms with Crippen LogP contribution >= 0.6 is 0 Å². The Morgan fingerprint density at radius 2 is 1.79 bits per heavy atom. The molecule has 3 nitrogen and oxygen atoms in total. The van der Waals surface area contributed by atoms with Crippen molar-refractivity contribution in [3.05, 3.63) is 60.2 Å². The Kier molecular flexibility index (Phi) is 3.38. The van der Waals surface area contributed by atoms with Crippen LogP contribution in [-0.2, 0) is 6.54 Å². The van der Waals surface area contributed by atoms with Crippen LogP contribution in [0.1, 0.15) is 5.56 Å². The SMILES string of the molecule is OC[C@H]1CN(Cc2ccccc2)c2ccccc2O1. The average molecular weight is 255 g/mol. The van der Waals surface area contributed by atoms with Crippen molar-refractivity contribution in [1.82, 2.24) is 0 Å². The predicted octanol–water partition coefficient (Wildman–Crippen LogP) is 2.45.